The molecule has 1 N–H and O–H groups in total. The summed E-state index contributed by atoms with van der Waals surface area (Å²) in [5.74, 6) is 2.39. The molecule has 1 aliphatic rings. The van der Waals surface area contributed by atoms with Crippen molar-refractivity contribution in [2.24, 2.45) is 0 Å². The molecule has 0 bridgehead atoms. The number of anilines is 2. The first-order valence-electron chi connectivity index (χ1n) is 9.83. The van der Waals surface area contributed by atoms with Crippen molar-refractivity contribution < 1.29 is 9.53 Å². The van der Waals surface area contributed by atoms with Crippen LogP contribution in [-0.2, 0) is 0 Å². The second-order valence-corrected chi connectivity index (χ2v) is 7.15. The molecule has 0 aliphatic carbocycles. The van der Waals surface area contributed by atoms with Gasteiger partial charge >= 0.3 is 6.03 Å². The van der Waals surface area contributed by atoms with Crippen LogP contribution in [0.4, 0.5) is 16.3 Å². The van der Waals surface area contributed by atoms with E-state index in [4.69, 9.17) is 4.74 Å². The number of amides is 2. The van der Waals surface area contributed by atoms with E-state index >= 15 is 0 Å². The molecule has 3 aromatic rings. The Hall–Kier alpha value is -3.62. The average molecular weight is 407 g/mol. The summed E-state index contributed by atoms with van der Waals surface area (Å²) in [5.41, 5.74) is 2.78. The van der Waals surface area contributed by atoms with E-state index in [-0.39, 0.29) is 6.03 Å². The summed E-state index contributed by atoms with van der Waals surface area (Å²) in [6.07, 6.45) is 3.35. The first kappa shape index (κ1) is 19.7. The van der Waals surface area contributed by atoms with Crippen LogP contribution in [0.3, 0.4) is 0 Å². The zero-order chi connectivity index (χ0) is 21.1. The van der Waals surface area contributed by atoms with Gasteiger partial charge in [0.2, 0.25) is 0 Å². The highest BCUT2D eigenvalue weighted by atomic mass is 16.5. The van der Waals surface area contributed by atoms with Gasteiger partial charge < -0.3 is 19.9 Å². The third kappa shape index (κ3) is 4.05. The van der Waals surface area contributed by atoms with Gasteiger partial charge in [-0.25, -0.2) is 19.7 Å². The lowest BCUT2D eigenvalue weighted by Gasteiger charge is -2.35. The molecule has 0 radical (unpaired) electrons. The van der Waals surface area contributed by atoms with Crippen LogP contribution >= 0.6 is 0 Å². The summed E-state index contributed by atoms with van der Waals surface area (Å²) in [7, 11) is 1.62. The predicted molar refractivity (Wildman–Crippen MR) is 114 cm³/mol. The minimum absolute atomic E-state index is 0.104. The SMILES string of the molecule is COc1ccc(NC(=O)N2CCN(c3cc(-n4cnc(C)c4C)ncn3)CC2)cc1. The normalized spacial score (nSPS) is 14.0. The van der Waals surface area contributed by atoms with Gasteiger partial charge in [-0.05, 0) is 38.1 Å². The summed E-state index contributed by atoms with van der Waals surface area (Å²) in [4.78, 5) is 29.7. The molecule has 1 aliphatic heterocycles. The van der Waals surface area contributed by atoms with E-state index < -0.39 is 0 Å². The molecule has 0 spiro atoms. The molecule has 1 saturated heterocycles. The predicted octanol–water partition coefficient (Wildman–Crippen LogP) is 2.64. The van der Waals surface area contributed by atoms with Crippen molar-refractivity contribution in [1.82, 2.24) is 24.4 Å². The van der Waals surface area contributed by atoms with Gasteiger partial charge in [-0.1, -0.05) is 0 Å². The van der Waals surface area contributed by atoms with Gasteiger partial charge in [0.15, 0.2) is 0 Å². The molecule has 4 rings (SSSR count). The Morgan fingerprint density at radius 2 is 1.70 bits per heavy atom. The molecule has 9 heteroatoms. The van der Waals surface area contributed by atoms with E-state index in [0.717, 1.165) is 34.5 Å². The molecule has 9 nitrogen and oxygen atoms in total. The molecule has 0 atom stereocenters. The number of hydrogen-bond acceptors (Lipinski definition) is 6. The summed E-state index contributed by atoms with van der Waals surface area (Å²) in [5, 5.41) is 2.93. The quantitative estimate of drug-likeness (QED) is 0.715. The smallest absolute Gasteiger partial charge is 0.321 e. The molecular formula is C21H25N7O2. The Kier molecular flexibility index (Phi) is 5.51. The number of hydrogen-bond donors (Lipinski definition) is 1. The summed E-state index contributed by atoms with van der Waals surface area (Å²) in [6, 6.07) is 9.16. The van der Waals surface area contributed by atoms with Gasteiger partial charge in [0.05, 0.1) is 12.8 Å². The number of carbonyl (C=O) groups is 1. The lowest BCUT2D eigenvalue weighted by atomic mass is 10.3. The van der Waals surface area contributed by atoms with Gasteiger partial charge in [-0.15, -0.1) is 0 Å². The van der Waals surface area contributed by atoms with Crippen molar-refractivity contribution in [3.63, 3.8) is 0 Å². The van der Waals surface area contributed by atoms with Crippen LogP contribution in [0.15, 0.2) is 43.0 Å². The molecular weight excluding hydrogens is 382 g/mol. The van der Waals surface area contributed by atoms with Crippen molar-refractivity contribution in [2.75, 3.05) is 43.5 Å². The highest BCUT2D eigenvalue weighted by Crippen LogP contribution is 2.19. The van der Waals surface area contributed by atoms with E-state index in [0.29, 0.717) is 26.2 Å². The van der Waals surface area contributed by atoms with Crippen LogP contribution in [0, 0.1) is 13.8 Å². The van der Waals surface area contributed by atoms with Gasteiger partial charge in [-0.2, -0.15) is 0 Å². The lowest BCUT2D eigenvalue weighted by molar-refractivity contribution is 0.208. The number of methoxy groups -OCH3 is 1. The van der Waals surface area contributed by atoms with Gasteiger partial charge in [0.25, 0.3) is 0 Å². The van der Waals surface area contributed by atoms with Crippen molar-refractivity contribution in [3.8, 4) is 11.6 Å². The molecule has 3 heterocycles. The minimum Gasteiger partial charge on any atom is -0.497 e. The molecule has 156 valence electrons. The number of rotatable bonds is 4. The van der Waals surface area contributed by atoms with Gasteiger partial charge in [-0.3, -0.25) is 4.57 Å². The number of nitrogens with one attached hydrogen (secondary N) is 1. The number of urea groups is 1. The highest BCUT2D eigenvalue weighted by molar-refractivity contribution is 5.89. The fraction of sp³-hybridized carbons (Fsp3) is 0.333. The van der Waals surface area contributed by atoms with Crippen LogP contribution < -0.4 is 15.0 Å². The fourth-order valence-electron chi connectivity index (χ4n) is 3.39. The molecule has 1 aromatic carbocycles. The Labute approximate surface area is 175 Å². The van der Waals surface area contributed by atoms with E-state index in [2.05, 4.69) is 25.2 Å². The topological polar surface area (TPSA) is 88.4 Å². The number of carbonyl (C=O) groups excluding carboxylic acids is 1. The van der Waals surface area contributed by atoms with E-state index in [1.54, 1.807) is 19.8 Å². The average Bonchev–Trinajstić information content (AvgIpc) is 3.13. The number of aryl methyl sites for hydroxylation is 1. The number of benzene rings is 1. The largest absolute Gasteiger partial charge is 0.497 e. The van der Waals surface area contributed by atoms with Crippen molar-refractivity contribution in [2.45, 2.75) is 13.8 Å². The summed E-state index contributed by atoms with van der Waals surface area (Å²) >= 11 is 0. The number of ether oxygens (including phenoxy) is 1. The van der Waals surface area contributed by atoms with Crippen LogP contribution in [0.25, 0.3) is 5.82 Å². The molecule has 0 saturated carbocycles. The van der Waals surface area contributed by atoms with Crippen LogP contribution in [-0.4, -0.2) is 63.7 Å². The third-order valence-corrected chi connectivity index (χ3v) is 5.37. The van der Waals surface area contributed by atoms with E-state index in [1.807, 2.05) is 53.6 Å². The zero-order valence-corrected chi connectivity index (χ0v) is 17.4. The molecule has 30 heavy (non-hydrogen) atoms. The molecule has 2 aromatic heterocycles. The molecule has 1 fully saturated rings. The monoisotopic (exact) mass is 407 g/mol. The number of nitrogens with zero attached hydrogens (tertiary/aromatic N) is 6. The maximum Gasteiger partial charge on any atom is 0.321 e. The standard InChI is InChI=1S/C21H25N7O2/c1-15-16(2)28(14-24-15)20-12-19(22-13-23-20)26-8-10-27(11-9-26)21(29)25-17-4-6-18(30-3)7-5-17/h4-7,12-14H,8-11H2,1-3H3,(H,25,29). The highest BCUT2D eigenvalue weighted by Gasteiger charge is 2.22. The van der Waals surface area contributed by atoms with Crippen molar-refractivity contribution in [3.05, 3.63) is 54.4 Å². The number of piperazine rings is 1. The third-order valence-electron chi connectivity index (χ3n) is 5.37. The molecule has 2 amide bonds. The number of aromatic nitrogens is 4. The number of imidazole rings is 1. The van der Waals surface area contributed by atoms with E-state index in [1.165, 1.54) is 0 Å². The Morgan fingerprint density at radius 3 is 2.33 bits per heavy atom. The van der Waals surface area contributed by atoms with Crippen LogP contribution in [0.5, 0.6) is 5.75 Å². The fourth-order valence-corrected chi connectivity index (χ4v) is 3.39. The second kappa shape index (κ2) is 8.40. The Balaban J connectivity index is 1.38. The van der Waals surface area contributed by atoms with Crippen molar-refractivity contribution >= 4 is 17.5 Å². The van der Waals surface area contributed by atoms with Crippen molar-refractivity contribution in [1.29, 1.82) is 0 Å². The summed E-state index contributed by atoms with van der Waals surface area (Å²) < 4.78 is 7.10. The first-order valence-corrected chi connectivity index (χ1v) is 9.83. The summed E-state index contributed by atoms with van der Waals surface area (Å²) in [6.45, 7) is 6.63. The van der Waals surface area contributed by atoms with Crippen LogP contribution in [0.1, 0.15) is 11.4 Å². The molecule has 0 unspecified atom stereocenters. The first-order chi connectivity index (χ1) is 14.5. The zero-order valence-electron chi connectivity index (χ0n) is 17.4. The second-order valence-electron chi connectivity index (χ2n) is 7.15. The lowest BCUT2D eigenvalue weighted by Crippen LogP contribution is -2.50. The van der Waals surface area contributed by atoms with Gasteiger partial charge in [0, 0.05) is 43.6 Å². The minimum atomic E-state index is -0.104. The van der Waals surface area contributed by atoms with Gasteiger partial charge in [0.1, 0.15) is 30.0 Å². The van der Waals surface area contributed by atoms with Crippen LogP contribution in [0.2, 0.25) is 0 Å². The maximum atomic E-state index is 12.6. The Bertz CT molecular complexity index is 1020. The Morgan fingerprint density at radius 1 is 1.00 bits per heavy atom. The van der Waals surface area contributed by atoms with E-state index in [9.17, 15) is 4.79 Å². The maximum absolute atomic E-state index is 12.6.